The zero-order valence-corrected chi connectivity index (χ0v) is 12.1. The van der Waals surface area contributed by atoms with Gasteiger partial charge in [0.2, 0.25) is 0 Å². The monoisotopic (exact) mass is 276 g/mol. The Bertz CT molecular complexity index is 570. The van der Waals surface area contributed by atoms with Gasteiger partial charge in [0.15, 0.2) is 0 Å². The van der Waals surface area contributed by atoms with Crippen LogP contribution in [0.4, 0.5) is 0 Å². The van der Waals surface area contributed by atoms with Gasteiger partial charge in [-0.2, -0.15) is 0 Å². The highest BCUT2D eigenvalue weighted by Crippen LogP contribution is 2.23. The van der Waals surface area contributed by atoms with E-state index in [0.717, 1.165) is 28.4 Å². The number of ether oxygens (including phenoxy) is 1. The molecule has 0 aliphatic heterocycles. The number of para-hydroxylation sites is 1. The molecule has 100 valence electrons. The molecule has 2 aromatic rings. The van der Waals surface area contributed by atoms with E-state index in [9.17, 15) is 0 Å². The lowest BCUT2D eigenvalue weighted by Crippen LogP contribution is -2.03. The summed E-state index contributed by atoms with van der Waals surface area (Å²) >= 11 is 6.07. The van der Waals surface area contributed by atoms with E-state index in [1.807, 2.05) is 44.3 Å². The van der Waals surface area contributed by atoms with Gasteiger partial charge in [0.25, 0.3) is 0 Å². The molecule has 0 fully saturated rings. The minimum Gasteiger partial charge on any atom is -0.496 e. The second-order valence-electron chi connectivity index (χ2n) is 4.43. The third-order valence-electron chi connectivity index (χ3n) is 3.04. The minimum atomic E-state index is -0.0692. The molecule has 1 aromatic heterocycles. The lowest BCUT2D eigenvalue weighted by molar-refractivity contribution is 0.410. The van der Waals surface area contributed by atoms with E-state index in [1.54, 1.807) is 7.11 Å². The molecule has 4 heteroatoms. The van der Waals surface area contributed by atoms with Gasteiger partial charge < -0.3 is 4.74 Å². The molecule has 2 rings (SSSR count). The molecule has 0 aliphatic rings. The van der Waals surface area contributed by atoms with Crippen molar-refractivity contribution >= 4 is 11.6 Å². The van der Waals surface area contributed by atoms with Crippen LogP contribution in [0.15, 0.2) is 30.5 Å². The number of aryl methyl sites for hydroxylation is 1. The van der Waals surface area contributed by atoms with Gasteiger partial charge in [0.05, 0.1) is 12.5 Å². The fraction of sp³-hybridized carbons (Fsp3) is 0.333. The van der Waals surface area contributed by atoms with Crippen molar-refractivity contribution < 1.29 is 4.74 Å². The van der Waals surface area contributed by atoms with E-state index < -0.39 is 0 Å². The van der Waals surface area contributed by atoms with Gasteiger partial charge in [-0.25, -0.2) is 9.97 Å². The van der Waals surface area contributed by atoms with Crippen LogP contribution in [0, 0.1) is 6.92 Å². The van der Waals surface area contributed by atoms with Crippen molar-refractivity contribution in [3.05, 3.63) is 53.1 Å². The van der Waals surface area contributed by atoms with Crippen LogP contribution in [-0.2, 0) is 6.42 Å². The predicted octanol–water partition coefficient (Wildman–Crippen LogP) is 3.68. The summed E-state index contributed by atoms with van der Waals surface area (Å²) in [6.45, 7) is 3.88. The van der Waals surface area contributed by atoms with Crippen LogP contribution in [0.3, 0.4) is 0 Å². The van der Waals surface area contributed by atoms with Crippen molar-refractivity contribution in [3.63, 3.8) is 0 Å². The summed E-state index contributed by atoms with van der Waals surface area (Å²) in [6.07, 6.45) is 2.46. The molecule has 1 aromatic carbocycles. The molecule has 1 heterocycles. The fourth-order valence-corrected chi connectivity index (χ4v) is 2.23. The number of hydrogen-bond donors (Lipinski definition) is 0. The Morgan fingerprint density at radius 2 is 2.05 bits per heavy atom. The van der Waals surface area contributed by atoms with Crippen LogP contribution in [-0.4, -0.2) is 17.1 Å². The maximum atomic E-state index is 6.07. The summed E-state index contributed by atoms with van der Waals surface area (Å²) < 4.78 is 5.33. The van der Waals surface area contributed by atoms with E-state index >= 15 is 0 Å². The van der Waals surface area contributed by atoms with Gasteiger partial charge in [0, 0.05) is 29.4 Å². The van der Waals surface area contributed by atoms with Crippen LogP contribution < -0.4 is 4.74 Å². The Morgan fingerprint density at radius 1 is 1.32 bits per heavy atom. The lowest BCUT2D eigenvalue weighted by Gasteiger charge is -2.10. The number of methoxy groups -OCH3 is 1. The van der Waals surface area contributed by atoms with Crippen LogP contribution in [0.2, 0.25) is 0 Å². The molecule has 0 saturated heterocycles. The van der Waals surface area contributed by atoms with Crippen molar-refractivity contribution in [2.24, 2.45) is 0 Å². The highest BCUT2D eigenvalue weighted by Gasteiger charge is 2.10. The Morgan fingerprint density at radius 3 is 2.68 bits per heavy atom. The summed E-state index contributed by atoms with van der Waals surface area (Å²) in [4.78, 5) is 8.89. The van der Waals surface area contributed by atoms with E-state index in [2.05, 4.69) is 9.97 Å². The standard InChI is InChI=1S/C15H17ClN2O/c1-10(16)13-9-17-15(18-11(13)2)8-12-6-4-5-7-14(12)19-3/h4-7,9-10H,8H2,1-3H3. The van der Waals surface area contributed by atoms with Gasteiger partial charge in [-0.05, 0) is 19.9 Å². The maximum absolute atomic E-state index is 6.07. The number of benzene rings is 1. The van der Waals surface area contributed by atoms with Crippen molar-refractivity contribution in [1.82, 2.24) is 9.97 Å². The van der Waals surface area contributed by atoms with E-state index in [-0.39, 0.29) is 5.38 Å². The van der Waals surface area contributed by atoms with Crippen molar-refractivity contribution in [3.8, 4) is 5.75 Å². The summed E-state index contributed by atoms with van der Waals surface area (Å²) in [5, 5.41) is -0.0692. The Kier molecular flexibility index (Phi) is 4.38. The van der Waals surface area contributed by atoms with Crippen LogP contribution >= 0.6 is 11.6 Å². The molecular formula is C15H17ClN2O. The number of nitrogens with zero attached hydrogens (tertiary/aromatic N) is 2. The molecule has 0 N–H and O–H groups in total. The van der Waals surface area contributed by atoms with Crippen molar-refractivity contribution in [2.75, 3.05) is 7.11 Å². The zero-order chi connectivity index (χ0) is 13.8. The number of alkyl halides is 1. The highest BCUT2D eigenvalue weighted by molar-refractivity contribution is 6.20. The Labute approximate surface area is 118 Å². The van der Waals surface area contributed by atoms with Crippen LogP contribution in [0.5, 0.6) is 5.75 Å². The van der Waals surface area contributed by atoms with Gasteiger partial charge in [-0.1, -0.05) is 18.2 Å². The van der Waals surface area contributed by atoms with Crippen molar-refractivity contribution in [2.45, 2.75) is 25.6 Å². The third kappa shape index (κ3) is 3.24. The first-order valence-electron chi connectivity index (χ1n) is 6.20. The second kappa shape index (κ2) is 6.02. The second-order valence-corrected chi connectivity index (χ2v) is 5.09. The summed E-state index contributed by atoms with van der Waals surface area (Å²) in [6, 6.07) is 7.90. The lowest BCUT2D eigenvalue weighted by atomic mass is 10.1. The zero-order valence-electron chi connectivity index (χ0n) is 11.4. The molecule has 0 spiro atoms. The smallest absolute Gasteiger partial charge is 0.133 e. The normalized spacial score (nSPS) is 12.2. The van der Waals surface area contributed by atoms with Gasteiger partial charge >= 0.3 is 0 Å². The molecule has 19 heavy (non-hydrogen) atoms. The van der Waals surface area contributed by atoms with E-state index in [1.165, 1.54) is 0 Å². The number of rotatable bonds is 4. The minimum absolute atomic E-state index is 0.0692. The largest absolute Gasteiger partial charge is 0.496 e. The summed E-state index contributed by atoms with van der Waals surface area (Å²) in [5.41, 5.74) is 2.99. The maximum Gasteiger partial charge on any atom is 0.133 e. The van der Waals surface area contributed by atoms with E-state index in [0.29, 0.717) is 6.42 Å². The quantitative estimate of drug-likeness (QED) is 0.799. The molecule has 0 amide bonds. The SMILES string of the molecule is COc1ccccc1Cc1ncc(C(C)Cl)c(C)n1. The average molecular weight is 277 g/mol. The number of hydrogen-bond acceptors (Lipinski definition) is 3. The molecule has 0 aliphatic carbocycles. The van der Waals surface area contributed by atoms with Gasteiger partial charge in [-0.3, -0.25) is 0 Å². The third-order valence-corrected chi connectivity index (χ3v) is 3.27. The van der Waals surface area contributed by atoms with Crippen LogP contribution in [0.1, 0.15) is 34.9 Å². The van der Waals surface area contributed by atoms with Crippen molar-refractivity contribution in [1.29, 1.82) is 0 Å². The molecular weight excluding hydrogens is 260 g/mol. The topological polar surface area (TPSA) is 35.0 Å². The molecule has 1 atom stereocenters. The number of halogens is 1. The van der Waals surface area contributed by atoms with Gasteiger partial charge in [0.1, 0.15) is 11.6 Å². The Balaban J connectivity index is 2.26. The van der Waals surface area contributed by atoms with Crippen LogP contribution in [0.25, 0.3) is 0 Å². The molecule has 3 nitrogen and oxygen atoms in total. The molecule has 0 saturated carbocycles. The first-order chi connectivity index (χ1) is 9.11. The summed E-state index contributed by atoms with van der Waals surface area (Å²) in [7, 11) is 1.67. The summed E-state index contributed by atoms with van der Waals surface area (Å²) in [5.74, 6) is 1.64. The van der Waals surface area contributed by atoms with E-state index in [4.69, 9.17) is 16.3 Å². The molecule has 0 bridgehead atoms. The molecule has 1 unspecified atom stereocenters. The average Bonchev–Trinajstić information content (AvgIpc) is 2.39. The fourth-order valence-electron chi connectivity index (χ4n) is 2.02. The Hall–Kier alpha value is -1.61. The predicted molar refractivity (Wildman–Crippen MR) is 76.8 cm³/mol. The molecule has 0 radical (unpaired) electrons. The highest BCUT2D eigenvalue weighted by atomic mass is 35.5. The first-order valence-corrected chi connectivity index (χ1v) is 6.64. The number of aromatic nitrogens is 2. The first kappa shape index (κ1) is 13.8. The van der Waals surface area contributed by atoms with Gasteiger partial charge in [-0.15, -0.1) is 11.6 Å².